The molecule has 0 spiro atoms. The van der Waals surface area contributed by atoms with Crippen LogP contribution < -0.4 is 15.5 Å². The lowest BCUT2D eigenvalue weighted by atomic mass is 10.1. The zero-order valence-electron chi connectivity index (χ0n) is 17.0. The molecule has 3 amide bonds. The van der Waals surface area contributed by atoms with E-state index in [-0.39, 0.29) is 11.9 Å². The van der Waals surface area contributed by atoms with Crippen molar-refractivity contribution in [3.05, 3.63) is 95.1 Å². The molecule has 1 aliphatic rings. The highest BCUT2D eigenvalue weighted by Gasteiger charge is 2.25. The smallest absolute Gasteiger partial charge is 0.319 e. The summed E-state index contributed by atoms with van der Waals surface area (Å²) in [5, 5.41) is 5.75. The zero-order chi connectivity index (χ0) is 20.9. The number of anilines is 2. The molecule has 0 saturated heterocycles. The lowest BCUT2D eigenvalue weighted by molar-refractivity contribution is 0.0989. The molecule has 1 aliphatic heterocycles. The molecular weight excluding hydrogens is 374 g/mol. The number of aryl methyl sites for hydroxylation is 1. The Morgan fingerprint density at radius 3 is 2.40 bits per heavy atom. The maximum absolute atomic E-state index is 12.8. The van der Waals surface area contributed by atoms with Gasteiger partial charge in [-0.25, -0.2) is 4.79 Å². The Morgan fingerprint density at radius 1 is 0.933 bits per heavy atom. The number of rotatable bonds is 5. The number of nitrogens with one attached hydrogen (secondary N) is 2. The summed E-state index contributed by atoms with van der Waals surface area (Å²) in [6, 6.07) is 23.0. The van der Waals surface area contributed by atoms with Crippen molar-refractivity contribution in [3.63, 3.8) is 0 Å². The van der Waals surface area contributed by atoms with Gasteiger partial charge in [0.05, 0.1) is 0 Å². The number of benzene rings is 3. The highest BCUT2D eigenvalue weighted by atomic mass is 16.2. The summed E-state index contributed by atoms with van der Waals surface area (Å²) >= 11 is 0. The van der Waals surface area contributed by atoms with Crippen LogP contribution in [0.4, 0.5) is 16.2 Å². The molecule has 0 atom stereocenters. The average molecular weight is 399 g/mol. The summed E-state index contributed by atoms with van der Waals surface area (Å²) < 4.78 is 0. The van der Waals surface area contributed by atoms with E-state index in [0.717, 1.165) is 35.3 Å². The first kappa shape index (κ1) is 19.7. The lowest BCUT2D eigenvalue weighted by Gasteiger charge is -2.17. The van der Waals surface area contributed by atoms with Crippen LogP contribution in [0.25, 0.3) is 0 Å². The van der Waals surface area contributed by atoms with Gasteiger partial charge in [-0.3, -0.25) is 4.79 Å². The number of carbonyl (C=O) groups is 2. The normalized spacial score (nSPS) is 12.4. The minimum Gasteiger partial charge on any atom is -0.334 e. The first-order chi connectivity index (χ1) is 14.6. The Kier molecular flexibility index (Phi) is 5.80. The summed E-state index contributed by atoms with van der Waals surface area (Å²) in [5.41, 5.74) is 5.80. The highest BCUT2D eigenvalue weighted by Crippen LogP contribution is 2.30. The van der Waals surface area contributed by atoms with E-state index in [4.69, 9.17) is 0 Å². The van der Waals surface area contributed by atoms with Gasteiger partial charge >= 0.3 is 6.03 Å². The Balaban J connectivity index is 1.36. The number of amides is 3. The third-order valence-electron chi connectivity index (χ3n) is 5.38. The molecule has 0 unspecified atom stereocenters. The molecule has 0 saturated carbocycles. The van der Waals surface area contributed by atoms with E-state index in [9.17, 15) is 9.59 Å². The van der Waals surface area contributed by atoms with E-state index in [0.29, 0.717) is 18.7 Å². The number of fused-ring (bicyclic) bond motifs is 1. The Bertz CT molecular complexity index is 1050. The van der Waals surface area contributed by atoms with Gasteiger partial charge in [-0.05, 0) is 59.9 Å². The van der Waals surface area contributed by atoms with E-state index in [1.165, 1.54) is 5.56 Å². The van der Waals surface area contributed by atoms with Gasteiger partial charge in [0.25, 0.3) is 5.91 Å². The van der Waals surface area contributed by atoms with Gasteiger partial charge in [0, 0.05) is 30.0 Å². The van der Waals surface area contributed by atoms with Crippen LogP contribution in [0.15, 0.2) is 72.8 Å². The van der Waals surface area contributed by atoms with Crippen molar-refractivity contribution in [2.45, 2.75) is 26.3 Å². The third-order valence-corrected chi connectivity index (χ3v) is 5.38. The van der Waals surface area contributed by atoms with Crippen LogP contribution in [0, 0.1) is 0 Å². The fourth-order valence-electron chi connectivity index (χ4n) is 3.69. The molecule has 0 aliphatic carbocycles. The SMILES string of the molecule is CCc1ccc(NC(=O)NCc2ccc3c(c2)CCN3C(=O)c2ccccc2)cc1. The number of carbonyl (C=O) groups excluding carboxylic acids is 2. The maximum Gasteiger partial charge on any atom is 0.319 e. The van der Waals surface area contributed by atoms with Crippen LogP contribution in [0.5, 0.6) is 0 Å². The van der Waals surface area contributed by atoms with E-state index >= 15 is 0 Å². The van der Waals surface area contributed by atoms with Crippen molar-refractivity contribution in [1.82, 2.24) is 5.32 Å². The molecule has 1 heterocycles. The van der Waals surface area contributed by atoms with Gasteiger partial charge in [0.15, 0.2) is 0 Å². The summed E-state index contributed by atoms with van der Waals surface area (Å²) in [6.45, 7) is 3.20. The second kappa shape index (κ2) is 8.82. The predicted molar refractivity (Wildman–Crippen MR) is 120 cm³/mol. The van der Waals surface area contributed by atoms with Crippen LogP contribution in [0.2, 0.25) is 0 Å². The van der Waals surface area contributed by atoms with E-state index in [1.54, 1.807) is 0 Å². The summed E-state index contributed by atoms with van der Waals surface area (Å²) in [4.78, 5) is 26.8. The van der Waals surface area contributed by atoms with E-state index < -0.39 is 0 Å². The minimum absolute atomic E-state index is 0.0219. The molecule has 3 aromatic rings. The van der Waals surface area contributed by atoms with Gasteiger partial charge < -0.3 is 15.5 Å². The van der Waals surface area contributed by atoms with Crippen LogP contribution >= 0.6 is 0 Å². The standard InChI is InChI=1S/C25H25N3O2/c1-2-18-8-11-22(12-9-18)27-25(30)26-17-19-10-13-23-21(16-19)14-15-28(23)24(29)20-6-4-3-5-7-20/h3-13,16H,2,14-15,17H2,1H3,(H2,26,27,30). The monoisotopic (exact) mass is 399 g/mol. The third kappa shape index (κ3) is 4.35. The lowest BCUT2D eigenvalue weighted by Crippen LogP contribution is -2.29. The zero-order valence-corrected chi connectivity index (χ0v) is 17.0. The van der Waals surface area contributed by atoms with Crippen molar-refractivity contribution < 1.29 is 9.59 Å². The highest BCUT2D eigenvalue weighted by molar-refractivity contribution is 6.07. The van der Waals surface area contributed by atoms with Crippen molar-refractivity contribution >= 4 is 23.3 Å². The van der Waals surface area contributed by atoms with Gasteiger partial charge in [-0.15, -0.1) is 0 Å². The van der Waals surface area contributed by atoms with Crippen LogP contribution in [-0.2, 0) is 19.4 Å². The van der Waals surface area contributed by atoms with Crippen LogP contribution in [0.3, 0.4) is 0 Å². The molecule has 4 rings (SSSR count). The number of nitrogens with zero attached hydrogens (tertiary/aromatic N) is 1. The van der Waals surface area contributed by atoms with Crippen molar-refractivity contribution in [1.29, 1.82) is 0 Å². The van der Waals surface area contributed by atoms with Crippen LogP contribution in [0.1, 0.15) is 34.0 Å². The summed E-state index contributed by atoms with van der Waals surface area (Å²) in [6.07, 6.45) is 1.79. The van der Waals surface area contributed by atoms with E-state index in [2.05, 4.69) is 23.6 Å². The number of urea groups is 1. The fraction of sp³-hybridized carbons (Fsp3) is 0.200. The first-order valence-corrected chi connectivity index (χ1v) is 10.3. The topological polar surface area (TPSA) is 61.4 Å². The molecule has 0 bridgehead atoms. The van der Waals surface area contributed by atoms with Crippen molar-refractivity contribution in [2.24, 2.45) is 0 Å². The van der Waals surface area contributed by atoms with Gasteiger partial charge in [-0.2, -0.15) is 0 Å². The number of hydrogen-bond acceptors (Lipinski definition) is 2. The fourth-order valence-corrected chi connectivity index (χ4v) is 3.69. The Hall–Kier alpha value is -3.60. The van der Waals surface area contributed by atoms with E-state index in [1.807, 2.05) is 71.6 Å². The molecule has 2 N–H and O–H groups in total. The first-order valence-electron chi connectivity index (χ1n) is 10.3. The molecular formula is C25H25N3O2. The predicted octanol–water partition coefficient (Wildman–Crippen LogP) is 4.77. The molecule has 0 aromatic heterocycles. The van der Waals surface area contributed by atoms with Crippen molar-refractivity contribution in [3.8, 4) is 0 Å². The molecule has 5 nitrogen and oxygen atoms in total. The van der Waals surface area contributed by atoms with Crippen molar-refractivity contribution in [2.75, 3.05) is 16.8 Å². The number of hydrogen-bond donors (Lipinski definition) is 2. The average Bonchev–Trinajstić information content (AvgIpc) is 3.21. The summed E-state index contributed by atoms with van der Waals surface area (Å²) in [7, 11) is 0. The maximum atomic E-state index is 12.8. The quantitative estimate of drug-likeness (QED) is 0.649. The largest absolute Gasteiger partial charge is 0.334 e. The Labute approximate surface area is 176 Å². The van der Waals surface area contributed by atoms with Gasteiger partial charge in [-0.1, -0.05) is 49.4 Å². The molecule has 5 heteroatoms. The Morgan fingerprint density at radius 2 is 1.67 bits per heavy atom. The van der Waals surface area contributed by atoms with Crippen LogP contribution in [-0.4, -0.2) is 18.5 Å². The second-order valence-corrected chi connectivity index (χ2v) is 7.39. The minimum atomic E-state index is -0.236. The van der Waals surface area contributed by atoms with Gasteiger partial charge in [0.2, 0.25) is 0 Å². The molecule has 0 radical (unpaired) electrons. The molecule has 30 heavy (non-hydrogen) atoms. The molecule has 3 aromatic carbocycles. The summed E-state index contributed by atoms with van der Waals surface area (Å²) in [5.74, 6) is 0.0219. The van der Waals surface area contributed by atoms with Gasteiger partial charge in [0.1, 0.15) is 0 Å². The molecule has 0 fully saturated rings. The second-order valence-electron chi connectivity index (χ2n) is 7.39. The molecule has 152 valence electrons.